The van der Waals surface area contributed by atoms with Gasteiger partial charge in [-0.15, -0.1) is 0 Å². The van der Waals surface area contributed by atoms with Gasteiger partial charge in [0.2, 0.25) is 5.78 Å². The first-order valence-corrected chi connectivity index (χ1v) is 10.2. The Hall–Kier alpha value is -3.54. The maximum Gasteiger partial charge on any atom is 0.316 e. The van der Waals surface area contributed by atoms with E-state index in [2.05, 4.69) is 11.5 Å². The lowest BCUT2D eigenvalue weighted by Gasteiger charge is -2.16. The molecule has 1 aromatic heterocycles. The summed E-state index contributed by atoms with van der Waals surface area (Å²) >= 11 is 0. The number of benzene rings is 2. The molecule has 2 aromatic carbocycles. The number of carbonyl (C=O) groups excluding carboxylic acids is 2. The van der Waals surface area contributed by atoms with Gasteiger partial charge >= 0.3 is 5.97 Å². The Labute approximate surface area is 181 Å². The molecular formula is C25H25NO5. The zero-order chi connectivity index (χ0) is 22.3. The van der Waals surface area contributed by atoms with Gasteiger partial charge in [-0.25, -0.2) is 0 Å². The molecule has 0 amide bonds. The van der Waals surface area contributed by atoms with E-state index in [1.165, 1.54) is 0 Å². The molecule has 0 bridgehead atoms. The fraction of sp³-hybridized carbons (Fsp3) is 0.280. The van der Waals surface area contributed by atoms with Crippen LogP contribution < -0.4 is 14.2 Å². The summed E-state index contributed by atoms with van der Waals surface area (Å²) < 4.78 is 18.8. The molecule has 6 heteroatoms. The highest BCUT2D eigenvalue weighted by atomic mass is 16.5. The van der Waals surface area contributed by atoms with Crippen LogP contribution in [0.1, 0.15) is 43.6 Å². The largest absolute Gasteiger partial charge is 0.497 e. The smallest absolute Gasteiger partial charge is 0.316 e. The number of rotatable bonds is 4. The van der Waals surface area contributed by atoms with Crippen LogP contribution in [0.4, 0.5) is 0 Å². The van der Waals surface area contributed by atoms with Gasteiger partial charge in [0.1, 0.15) is 17.2 Å². The standard InChI is InChI=1S/C25H25NO5/c1-6-26-14-15(19-12-16(29-5)8-10-20(19)26)11-22-23(27)18-9-7-17(13-21(18)31-22)30-24(28)25(2,3)4/h7-14H,6H2,1-5H3/b22-11+. The number of Topliss-reactive ketones (excluding diaryl/α,β-unsaturated/α-hetero) is 1. The van der Waals surface area contributed by atoms with Crippen molar-refractivity contribution < 1.29 is 23.8 Å². The molecule has 0 N–H and O–H groups in total. The fourth-order valence-corrected chi connectivity index (χ4v) is 3.44. The summed E-state index contributed by atoms with van der Waals surface area (Å²) in [6.07, 6.45) is 3.74. The molecule has 1 aliphatic rings. The molecule has 0 aliphatic carbocycles. The predicted molar refractivity (Wildman–Crippen MR) is 119 cm³/mol. The van der Waals surface area contributed by atoms with Crippen molar-refractivity contribution in [3.8, 4) is 17.2 Å². The third-order valence-corrected chi connectivity index (χ3v) is 5.21. The minimum absolute atomic E-state index is 0.205. The monoisotopic (exact) mass is 419 g/mol. The third kappa shape index (κ3) is 3.81. The summed E-state index contributed by atoms with van der Waals surface area (Å²) in [6.45, 7) is 8.21. The summed E-state index contributed by atoms with van der Waals surface area (Å²) in [5.74, 6) is 1.14. The number of ether oxygens (including phenoxy) is 3. The molecule has 6 nitrogen and oxygen atoms in total. The Balaban J connectivity index is 1.68. The number of esters is 1. The number of allylic oxidation sites excluding steroid dienone is 1. The van der Waals surface area contributed by atoms with Gasteiger partial charge in [-0.05, 0) is 64.1 Å². The number of nitrogens with zero attached hydrogens (tertiary/aromatic N) is 1. The maximum atomic E-state index is 12.9. The molecule has 0 spiro atoms. The average molecular weight is 419 g/mol. The van der Waals surface area contributed by atoms with E-state index in [9.17, 15) is 9.59 Å². The molecule has 0 fully saturated rings. The van der Waals surface area contributed by atoms with Gasteiger partial charge in [-0.2, -0.15) is 0 Å². The zero-order valence-electron chi connectivity index (χ0n) is 18.3. The fourth-order valence-electron chi connectivity index (χ4n) is 3.44. The van der Waals surface area contributed by atoms with Crippen molar-refractivity contribution in [2.45, 2.75) is 34.2 Å². The average Bonchev–Trinajstić information content (AvgIpc) is 3.24. The summed E-state index contributed by atoms with van der Waals surface area (Å²) in [4.78, 5) is 25.1. The molecule has 0 saturated carbocycles. The Morgan fingerprint density at radius 2 is 1.87 bits per heavy atom. The van der Waals surface area contributed by atoms with Crippen molar-refractivity contribution >= 4 is 28.7 Å². The van der Waals surface area contributed by atoms with Gasteiger partial charge in [-0.1, -0.05) is 0 Å². The normalized spacial score (nSPS) is 14.6. The van der Waals surface area contributed by atoms with E-state index in [1.807, 2.05) is 24.4 Å². The Bertz CT molecular complexity index is 1230. The topological polar surface area (TPSA) is 66.8 Å². The van der Waals surface area contributed by atoms with Gasteiger partial charge in [-0.3, -0.25) is 9.59 Å². The van der Waals surface area contributed by atoms with Crippen LogP contribution in [0.3, 0.4) is 0 Å². The van der Waals surface area contributed by atoms with Crippen LogP contribution in [0, 0.1) is 5.41 Å². The lowest BCUT2D eigenvalue weighted by Crippen LogP contribution is -2.25. The van der Waals surface area contributed by atoms with E-state index in [-0.39, 0.29) is 17.5 Å². The van der Waals surface area contributed by atoms with Crippen molar-refractivity contribution in [3.05, 3.63) is 59.5 Å². The second-order valence-corrected chi connectivity index (χ2v) is 8.49. The van der Waals surface area contributed by atoms with E-state index in [1.54, 1.807) is 52.2 Å². The molecule has 3 aromatic rings. The highest BCUT2D eigenvalue weighted by Crippen LogP contribution is 2.36. The number of carbonyl (C=O) groups is 2. The number of hydrogen-bond donors (Lipinski definition) is 0. The Morgan fingerprint density at radius 1 is 1.13 bits per heavy atom. The molecule has 0 saturated heterocycles. The number of hydrogen-bond acceptors (Lipinski definition) is 5. The van der Waals surface area contributed by atoms with Gasteiger partial charge in [0.25, 0.3) is 0 Å². The van der Waals surface area contributed by atoms with Crippen LogP contribution in [0.25, 0.3) is 17.0 Å². The molecule has 0 unspecified atom stereocenters. The van der Waals surface area contributed by atoms with Crippen molar-refractivity contribution in [1.82, 2.24) is 4.57 Å². The van der Waals surface area contributed by atoms with Crippen LogP contribution >= 0.6 is 0 Å². The van der Waals surface area contributed by atoms with Crippen molar-refractivity contribution in [2.75, 3.05) is 7.11 Å². The molecule has 0 atom stereocenters. The van der Waals surface area contributed by atoms with Gasteiger partial charge < -0.3 is 18.8 Å². The summed E-state index contributed by atoms with van der Waals surface area (Å²) in [5.41, 5.74) is 1.73. The number of aromatic nitrogens is 1. The van der Waals surface area contributed by atoms with E-state index in [0.29, 0.717) is 17.1 Å². The highest BCUT2D eigenvalue weighted by Gasteiger charge is 2.29. The van der Waals surface area contributed by atoms with E-state index in [0.717, 1.165) is 28.8 Å². The van der Waals surface area contributed by atoms with Crippen LogP contribution in [0.2, 0.25) is 0 Å². The van der Waals surface area contributed by atoms with Gasteiger partial charge in [0.15, 0.2) is 5.76 Å². The van der Waals surface area contributed by atoms with Crippen molar-refractivity contribution in [2.24, 2.45) is 5.41 Å². The molecule has 4 rings (SSSR count). The van der Waals surface area contributed by atoms with Crippen LogP contribution in [0.15, 0.2) is 48.4 Å². The maximum absolute atomic E-state index is 12.9. The second kappa shape index (κ2) is 7.61. The van der Waals surface area contributed by atoms with Gasteiger partial charge in [0, 0.05) is 35.3 Å². The lowest BCUT2D eigenvalue weighted by atomic mass is 9.97. The minimum atomic E-state index is -0.630. The number of fused-ring (bicyclic) bond motifs is 2. The molecule has 160 valence electrons. The highest BCUT2D eigenvalue weighted by molar-refractivity contribution is 6.15. The first-order valence-electron chi connectivity index (χ1n) is 10.2. The van der Waals surface area contributed by atoms with Crippen LogP contribution in [-0.4, -0.2) is 23.4 Å². The molecule has 0 radical (unpaired) electrons. The molecule has 1 aliphatic heterocycles. The predicted octanol–water partition coefficient (Wildman–Crippen LogP) is 5.24. The number of ketones is 1. The van der Waals surface area contributed by atoms with Gasteiger partial charge in [0.05, 0.1) is 18.1 Å². The van der Waals surface area contributed by atoms with Crippen molar-refractivity contribution in [1.29, 1.82) is 0 Å². The summed E-state index contributed by atoms with van der Waals surface area (Å²) in [6, 6.07) is 10.7. The van der Waals surface area contributed by atoms with E-state index in [4.69, 9.17) is 14.2 Å². The number of methoxy groups -OCH3 is 1. The minimum Gasteiger partial charge on any atom is -0.497 e. The zero-order valence-corrected chi connectivity index (χ0v) is 18.3. The Morgan fingerprint density at radius 3 is 2.55 bits per heavy atom. The molecule has 31 heavy (non-hydrogen) atoms. The lowest BCUT2D eigenvalue weighted by molar-refractivity contribution is -0.143. The number of aryl methyl sites for hydroxylation is 1. The quantitative estimate of drug-likeness (QED) is 0.329. The SMILES string of the molecule is CCn1cc(/C=C2/Oc3cc(OC(=O)C(C)(C)C)ccc3C2=O)c2cc(OC)ccc21. The van der Waals surface area contributed by atoms with Crippen molar-refractivity contribution in [3.63, 3.8) is 0 Å². The first-order chi connectivity index (χ1) is 14.7. The molecule has 2 heterocycles. The third-order valence-electron chi connectivity index (χ3n) is 5.21. The van der Waals surface area contributed by atoms with Crippen LogP contribution in [-0.2, 0) is 11.3 Å². The second-order valence-electron chi connectivity index (χ2n) is 8.49. The van der Waals surface area contributed by atoms with E-state index >= 15 is 0 Å². The van der Waals surface area contributed by atoms with E-state index < -0.39 is 5.41 Å². The Kier molecular flexibility index (Phi) is 5.09. The first kappa shape index (κ1) is 20.7. The summed E-state index contributed by atoms with van der Waals surface area (Å²) in [5, 5.41) is 0.973. The van der Waals surface area contributed by atoms with Crippen LogP contribution in [0.5, 0.6) is 17.2 Å². The molecular weight excluding hydrogens is 394 g/mol. The summed E-state index contributed by atoms with van der Waals surface area (Å²) in [7, 11) is 1.63.